The highest BCUT2D eigenvalue weighted by Crippen LogP contribution is 2.23. The Bertz CT molecular complexity index is 930. The minimum absolute atomic E-state index is 0.0131. The number of rotatable bonds is 6. The number of nitrogens with zero attached hydrogens (tertiary/aromatic N) is 1. The van der Waals surface area contributed by atoms with E-state index < -0.39 is 11.9 Å². The van der Waals surface area contributed by atoms with E-state index in [9.17, 15) is 9.59 Å². The molecule has 1 aromatic heterocycles. The van der Waals surface area contributed by atoms with Gasteiger partial charge in [-0.2, -0.15) is 0 Å². The summed E-state index contributed by atoms with van der Waals surface area (Å²) < 4.78 is 10.8. The Balaban J connectivity index is 1.69. The molecule has 0 saturated heterocycles. The van der Waals surface area contributed by atoms with Gasteiger partial charge in [-0.25, -0.2) is 9.78 Å². The first kappa shape index (κ1) is 17.4. The van der Waals surface area contributed by atoms with Gasteiger partial charge in [-0.3, -0.25) is 4.79 Å². The Morgan fingerprint density at radius 1 is 1.12 bits per heavy atom. The van der Waals surface area contributed by atoms with Crippen molar-refractivity contribution in [1.82, 2.24) is 4.98 Å². The van der Waals surface area contributed by atoms with Crippen molar-refractivity contribution in [3.63, 3.8) is 0 Å². The minimum atomic E-state index is -1.03. The standard InChI is InChI=1S/C20H17NO5/c1-13-17(11-18(22)25-12-14-6-3-2-4-7-14)21-19(26-13)15-8-5-9-16(10-15)20(23)24/h2-10H,11-12H2,1H3,(H,23,24). The van der Waals surface area contributed by atoms with Gasteiger partial charge < -0.3 is 14.3 Å². The SMILES string of the molecule is Cc1oc(-c2cccc(C(=O)O)c2)nc1CC(=O)OCc1ccccc1. The highest BCUT2D eigenvalue weighted by atomic mass is 16.5. The number of aromatic nitrogens is 1. The molecule has 0 radical (unpaired) electrons. The smallest absolute Gasteiger partial charge is 0.335 e. The number of carbonyl (C=O) groups excluding carboxylic acids is 1. The Hall–Kier alpha value is -3.41. The number of benzene rings is 2. The molecule has 3 rings (SSSR count). The summed E-state index contributed by atoms with van der Waals surface area (Å²) in [5.41, 5.74) is 2.06. The van der Waals surface area contributed by atoms with Crippen LogP contribution in [0, 0.1) is 6.92 Å². The van der Waals surface area contributed by atoms with E-state index in [1.807, 2.05) is 30.3 Å². The van der Waals surface area contributed by atoms with Gasteiger partial charge in [-0.05, 0) is 30.7 Å². The fraction of sp³-hybridized carbons (Fsp3) is 0.150. The van der Waals surface area contributed by atoms with Crippen LogP contribution < -0.4 is 0 Å². The topological polar surface area (TPSA) is 89.6 Å². The van der Waals surface area contributed by atoms with Crippen molar-refractivity contribution in [3.05, 3.63) is 77.2 Å². The second-order valence-corrected chi connectivity index (χ2v) is 5.73. The predicted octanol–water partition coefficient (Wildman–Crippen LogP) is 3.63. The second-order valence-electron chi connectivity index (χ2n) is 5.73. The second kappa shape index (κ2) is 7.65. The summed E-state index contributed by atoms with van der Waals surface area (Å²) in [5.74, 6) is -0.662. The zero-order valence-electron chi connectivity index (χ0n) is 14.1. The van der Waals surface area contributed by atoms with E-state index >= 15 is 0 Å². The lowest BCUT2D eigenvalue weighted by atomic mass is 10.1. The van der Waals surface area contributed by atoms with E-state index in [4.69, 9.17) is 14.3 Å². The molecular weight excluding hydrogens is 334 g/mol. The van der Waals surface area contributed by atoms with E-state index in [0.717, 1.165) is 5.56 Å². The Morgan fingerprint density at radius 3 is 2.62 bits per heavy atom. The van der Waals surface area contributed by atoms with Crippen LogP contribution in [0.15, 0.2) is 59.0 Å². The van der Waals surface area contributed by atoms with Crippen molar-refractivity contribution in [1.29, 1.82) is 0 Å². The summed E-state index contributed by atoms with van der Waals surface area (Å²) in [6, 6.07) is 15.7. The van der Waals surface area contributed by atoms with Crippen LogP contribution in [0.5, 0.6) is 0 Å². The van der Waals surface area contributed by atoms with Gasteiger partial charge in [0.05, 0.1) is 17.7 Å². The lowest BCUT2D eigenvalue weighted by Crippen LogP contribution is -2.09. The van der Waals surface area contributed by atoms with Gasteiger partial charge in [0, 0.05) is 5.56 Å². The van der Waals surface area contributed by atoms with Gasteiger partial charge in [-0.1, -0.05) is 36.4 Å². The number of aryl methyl sites for hydroxylation is 1. The van der Waals surface area contributed by atoms with Crippen LogP contribution in [0.3, 0.4) is 0 Å². The highest BCUT2D eigenvalue weighted by Gasteiger charge is 2.16. The van der Waals surface area contributed by atoms with Crippen molar-refractivity contribution in [3.8, 4) is 11.5 Å². The molecular formula is C20H17NO5. The molecule has 2 aromatic carbocycles. The molecule has 0 atom stereocenters. The van der Waals surface area contributed by atoms with Crippen molar-refractivity contribution in [2.24, 2.45) is 0 Å². The molecule has 0 amide bonds. The maximum absolute atomic E-state index is 12.0. The zero-order valence-corrected chi connectivity index (χ0v) is 14.1. The first-order valence-electron chi connectivity index (χ1n) is 8.02. The van der Waals surface area contributed by atoms with Crippen molar-refractivity contribution >= 4 is 11.9 Å². The number of hydrogen-bond acceptors (Lipinski definition) is 5. The van der Waals surface area contributed by atoms with Crippen LogP contribution in [-0.4, -0.2) is 22.0 Å². The number of aromatic carboxylic acids is 1. The molecule has 0 fully saturated rings. The monoisotopic (exact) mass is 351 g/mol. The van der Waals surface area contributed by atoms with Crippen molar-refractivity contribution in [2.45, 2.75) is 20.0 Å². The Morgan fingerprint density at radius 2 is 1.88 bits per heavy atom. The first-order chi connectivity index (χ1) is 12.5. The summed E-state index contributed by atoms with van der Waals surface area (Å²) in [5, 5.41) is 9.08. The number of carbonyl (C=O) groups is 2. The molecule has 132 valence electrons. The van der Waals surface area contributed by atoms with Gasteiger partial charge in [0.2, 0.25) is 5.89 Å². The summed E-state index contributed by atoms with van der Waals surface area (Å²) in [6.07, 6.45) is -0.0131. The predicted molar refractivity (Wildman–Crippen MR) is 93.6 cm³/mol. The third-order valence-electron chi connectivity index (χ3n) is 3.80. The molecule has 0 bridgehead atoms. The molecule has 26 heavy (non-hydrogen) atoms. The molecule has 1 heterocycles. The fourth-order valence-electron chi connectivity index (χ4n) is 2.43. The maximum atomic E-state index is 12.0. The molecule has 0 aliphatic heterocycles. The number of esters is 1. The van der Waals surface area contributed by atoms with Gasteiger partial charge in [-0.15, -0.1) is 0 Å². The van der Waals surface area contributed by atoms with Crippen molar-refractivity contribution < 1.29 is 23.8 Å². The number of carboxylic acids is 1. The van der Waals surface area contributed by atoms with Crippen LogP contribution in [0.1, 0.15) is 27.4 Å². The molecule has 6 nitrogen and oxygen atoms in total. The largest absolute Gasteiger partial charge is 0.478 e. The van der Waals surface area contributed by atoms with Gasteiger partial charge in [0.1, 0.15) is 12.4 Å². The van der Waals surface area contributed by atoms with E-state index in [-0.39, 0.29) is 24.5 Å². The molecule has 0 spiro atoms. The van der Waals surface area contributed by atoms with Crippen LogP contribution in [-0.2, 0) is 22.6 Å². The lowest BCUT2D eigenvalue weighted by Gasteiger charge is -2.03. The molecule has 0 aliphatic rings. The molecule has 6 heteroatoms. The van der Waals surface area contributed by atoms with Crippen LogP contribution >= 0.6 is 0 Å². The average Bonchev–Trinajstić information content (AvgIpc) is 3.01. The highest BCUT2D eigenvalue weighted by molar-refractivity contribution is 5.89. The number of ether oxygens (including phenoxy) is 1. The quantitative estimate of drug-likeness (QED) is 0.682. The zero-order chi connectivity index (χ0) is 18.5. The van der Waals surface area contributed by atoms with E-state index in [1.54, 1.807) is 19.1 Å². The molecule has 3 aromatic rings. The molecule has 0 unspecified atom stereocenters. The summed E-state index contributed by atoms with van der Waals surface area (Å²) >= 11 is 0. The van der Waals surface area contributed by atoms with Crippen LogP contribution in [0.2, 0.25) is 0 Å². The molecule has 0 saturated carbocycles. The summed E-state index contributed by atoms with van der Waals surface area (Å²) in [6.45, 7) is 1.90. The Kier molecular flexibility index (Phi) is 5.12. The van der Waals surface area contributed by atoms with Gasteiger partial charge in [0.15, 0.2) is 0 Å². The maximum Gasteiger partial charge on any atom is 0.335 e. The van der Waals surface area contributed by atoms with Gasteiger partial charge >= 0.3 is 11.9 Å². The fourth-order valence-corrected chi connectivity index (χ4v) is 2.43. The molecule has 0 aliphatic carbocycles. The van der Waals surface area contributed by atoms with E-state index in [0.29, 0.717) is 17.0 Å². The van der Waals surface area contributed by atoms with E-state index in [2.05, 4.69) is 4.98 Å². The van der Waals surface area contributed by atoms with Crippen LogP contribution in [0.25, 0.3) is 11.5 Å². The molecule has 1 N–H and O–H groups in total. The first-order valence-corrected chi connectivity index (χ1v) is 8.02. The normalized spacial score (nSPS) is 10.5. The number of carboxylic acid groups (broad SMARTS) is 1. The van der Waals surface area contributed by atoms with Crippen molar-refractivity contribution in [2.75, 3.05) is 0 Å². The third kappa shape index (κ3) is 4.16. The number of oxazole rings is 1. The summed E-state index contributed by atoms with van der Waals surface area (Å²) in [4.78, 5) is 27.4. The van der Waals surface area contributed by atoms with E-state index in [1.165, 1.54) is 12.1 Å². The minimum Gasteiger partial charge on any atom is -0.478 e. The Labute approximate surface area is 150 Å². The summed E-state index contributed by atoms with van der Waals surface area (Å²) in [7, 11) is 0. The van der Waals surface area contributed by atoms with Gasteiger partial charge in [0.25, 0.3) is 0 Å². The average molecular weight is 351 g/mol. The lowest BCUT2D eigenvalue weighted by molar-refractivity contribution is -0.144. The van der Waals surface area contributed by atoms with Crippen LogP contribution in [0.4, 0.5) is 0 Å². The number of hydrogen-bond donors (Lipinski definition) is 1. The third-order valence-corrected chi connectivity index (χ3v) is 3.80.